The average molecular weight is 493 g/mol. The fourth-order valence-electron chi connectivity index (χ4n) is 0.966. The molecule has 5 heteroatoms. The Morgan fingerprint density at radius 2 is 0.647 bits per heavy atom. The molecule has 0 unspecified atom stereocenters. The first-order valence-corrected chi connectivity index (χ1v) is 6.65. The van der Waals surface area contributed by atoms with Crippen LogP contribution in [0.5, 0.6) is 0 Å². The molecule has 2 rings (SSSR count). The van der Waals surface area contributed by atoms with E-state index in [9.17, 15) is 0 Å². The Morgan fingerprint density at radius 1 is 0.471 bits per heavy atom. The molecule has 0 N–H and O–H groups in total. The van der Waals surface area contributed by atoms with Crippen LogP contribution in [-0.4, -0.2) is 27.3 Å². The van der Waals surface area contributed by atoms with Crippen molar-refractivity contribution in [2.75, 3.05) is 0 Å². The Hall–Kier alpha value is 0.762. The summed E-state index contributed by atoms with van der Waals surface area (Å²) in [6.07, 6.45) is 0. The molecule has 0 aliphatic rings. The van der Waals surface area contributed by atoms with Crippen molar-refractivity contribution in [3.8, 4) is 0 Å². The van der Waals surface area contributed by atoms with Crippen LogP contribution in [0.4, 0.5) is 0 Å². The summed E-state index contributed by atoms with van der Waals surface area (Å²) in [5.41, 5.74) is 0. The van der Waals surface area contributed by atoms with Crippen LogP contribution in [0, 0.1) is 0 Å². The van der Waals surface area contributed by atoms with Crippen LogP contribution in [0.1, 0.15) is 0 Å². The van der Waals surface area contributed by atoms with Crippen molar-refractivity contribution in [3.63, 3.8) is 0 Å². The van der Waals surface area contributed by atoms with Crippen LogP contribution in [0.25, 0.3) is 0 Å². The van der Waals surface area contributed by atoms with Gasteiger partial charge in [-0.05, 0) is 74.8 Å². The molecule has 0 spiro atoms. The summed E-state index contributed by atoms with van der Waals surface area (Å²) in [5.74, 6) is 0. The molecule has 2 aromatic rings. The molecule has 0 amide bonds. The topological polar surface area (TPSA) is 0 Å². The van der Waals surface area contributed by atoms with Crippen LogP contribution in [0.15, 0.2) is 68.1 Å². The smallest absolute Gasteiger partial charge is 0.0569 e. The van der Waals surface area contributed by atoms with Crippen molar-refractivity contribution in [1.82, 2.24) is 0 Å². The molecule has 0 radical (unpaired) electrons. The number of benzene rings is 2. The Labute approximate surface area is 144 Å². The first kappa shape index (κ1) is 17.8. The zero-order chi connectivity index (χ0) is 12.0. The summed E-state index contributed by atoms with van der Waals surface area (Å²) >= 11 is 13.6. The zero-order valence-corrected chi connectivity index (χ0v) is 17.7. The van der Waals surface area contributed by atoms with Gasteiger partial charge in [-0.1, -0.05) is 24.3 Å². The predicted molar refractivity (Wildman–Crippen MR) is 92.3 cm³/mol. The zero-order valence-electron chi connectivity index (χ0n) is 9.20. The molecule has 0 saturated heterocycles. The van der Waals surface area contributed by atoms with E-state index in [0.29, 0.717) is 0 Å². The average Bonchev–Trinajstić information content (AvgIpc) is 2.28. The van der Waals surface area contributed by atoms with Gasteiger partial charge in [0.15, 0.2) is 0 Å². The third kappa shape index (κ3) is 7.05. The first-order valence-electron chi connectivity index (χ1n) is 4.65. The third-order valence-electron chi connectivity index (χ3n) is 1.85. The second kappa shape index (κ2) is 9.66. The maximum absolute atomic E-state index is 3.39. The molecule has 0 saturated carbocycles. The fourth-order valence-corrected chi connectivity index (χ4v) is 1.68. The van der Waals surface area contributed by atoms with Crippen LogP contribution in [-0.2, 0) is 50.5 Å². The van der Waals surface area contributed by atoms with E-state index < -0.39 is 0 Å². The standard InChI is InChI=1S/2C6H6S2.Tl/c2*7-5-3-1-2-4-6(5)8;/h2*1-4,7-8H;/q;;+3/p+4. The molecular weight excluding hydrogens is 477 g/mol. The molecule has 0 heterocycles. The van der Waals surface area contributed by atoms with E-state index in [4.69, 9.17) is 0 Å². The molecule has 0 aliphatic heterocycles. The van der Waals surface area contributed by atoms with Gasteiger partial charge in [0.05, 0.1) is 0 Å². The summed E-state index contributed by atoms with van der Waals surface area (Å²) in [4.78, 5) is 4.35. The van der Waals surface area contributed by atoms with Crippen molar-refractivity contribution in [1.29, 1.82) is 0 Å². The Kier molecular flexibility index (Phi) is 10.1. The minimum atomic E-state index is 0. The van der Waals surface area contributed by atoms with E-state index in [1.54, 1.807) is 0 Å². The van der Waals surface area contributed by atoms with E-state index in [0.717, 1.165) is 19.6 Å². The number of rotatable bonds is 0. The van der Waals surface area contributed by atoms with Gasteiger partial charge in [-0.3, -0.25) is 0 Å². The second-order valence-electron chi connectivity index (χ2n) is 3.09. The van der Waals surface area contributed by atoms with Crippen LogP contribution in [0.3, 0.4) is 0 Å². The Morgan fingerprint density at radius 3 is 0.765 bits per heavy atom. The molecular formula is C12H16S4Tl+7. The normalized spacial score (nSPS) is 8.71. The van der Waals surface area contributed by atoms with Gasteiger partial charge in [-0.25, -0.2) is 0 Å². The summed E-state index contributed by atoms with van der Waals surface area (Å²) < 4.78 is 0. The SMILES string of the molecule is [SH2+]c1ccccc1[SH2+].[SH2+]c1ccccc1[SH2+].[Tl+3]. The van der Waals surface area contributed by atoms with Crippen molar-refractivity contribution < 1.29 is 0 Å². The molecule has 0 atom stereocenters. The van der Waals surface area contributed by atoms with Gasteiger partial charge in [0.1, 0.15) is 0 Å². The molecule has 0 nitrogen and oxygen atoms in total. The van der Waals surface area contributed by atoms with Crippen molar-refractivity contribution in [2.45, 2.75) is 19.6 Å². The maximum Gasteiger partial charge on any atom is 3.00 e. The molecule has 2 aromatic carbocycles. The quantitative estimate of drug-likeness (QED) is 0.371. The maximum atomic E-state index is 3.39. The van der Waals surface area contributed by atoms with E-state index in [-0.39, 0.29) is 27.3 Å². The van der Waals surface area contributed by atoms with Gasteiger partial charge in [-0.15, -0.1) is 0 Å². The van der Waals surface area contributed by atoms with E-state index in [1.807, 2.05) is 48.5 Å². The summed E-state index contributed by atoms with van der Waals surface area (Å²) in [6, 6.07) is 15.9. The number of hydrogen-bond acceptors (Lipinski definition) is 0. The Bertz CT molecular complexity index is 374. The number of hydrogen-bond donors (Lipinski definition) is 0. The van der Waals surface area contributed by atoms with E-state index >= 15 is 0 Å². The van der Waals surface area contributed by atoms with E-state index in [1.165, 1.54) is 0 Å². The van der Waals surface area contributed by atoms with Gasteiger partial charge < -0.3 is 0 Å². The second-order valence-corrected chi connectivity index (χ2v) is 5.25. The molecule has 0 bridgehead atoms. The molecule has 17 heavy (non-hydrogen) atoms. The molecule has 0 aliphatic carbocycles. The van der Waals surface area contributed by atoms with Crippen LogP contribution in [0.2, 0.25) is 0 Å². The monoisotopic (exact) mass is 493 g/mol. The van der Waals surface area contributed by atoms with Crippen molar-refractivity contribution in [3.05, 3.63) is 48.5 Å². The summed E-state index contributed by atoms with van der Waals surface area (Å²) in [6.45, 7) is 0. The van der Waals surface area contributed by atoms with Gasteiger partial charge in [0.25, 0.3) is 0 Å². The molecule has 0 aromatic heterocycles. The fraction of sp³-hybridized carbons (Fsp3) is 0. The third-order valence-corrected chi connectivity index (χ3v) is 4.10. The van der Waals surface area contributed by atoms with Gasteiger partial charge in [0.2, 0.25) is 19.6 Å². The molecule has 0 fully saturated rings. The first-order chi connectivity index (χ1) is 7.61. The van der Waals surface area contributed by atoms with Gasteiger partial charge in [0, 0.05) is 0 Å². The Balaban J connectivity index is 0.000000284. The van der Waals surface area contributed by atoms with Crippen molar-refractivity contribution >= 4 is 77.8 Å². The summed E-state index contributed by atoms with van der Waals surface area (Å²) in [5, 5.41) is 0. The van der Waals surface area contributed by atoms with Gasteiger partial charge >= 0.3 is 27.3 Å². The summed E-state index contributed by atoms with van der Waals surface area (Å²) in [7, 11) is 0. The van der Waals surface area contributed by atoms with Gasteiger partial charge in [-0.2, -0.15) is 0 Å². The van der Waals surface area contributed by atoms with E-state index in [2.05, 4.69) is 50.5 Å². The molecule has 84 valence electrons. The van der Waals surface area contributed by atoms with Crippen LogP contribution >= 0.6 is 0 Å². The minimum absolute atomic E-state index is 0. The van der Waals surface area contributed by atoms with Crippen LogP contribution < -0.4 is 0 Å². The minimum Gasteiger partial charge on any atom is -0.0569 e. The largest absolute Gasteiger partial charge is 3.00 e. The predicted octanol–water partition coefficient (Wildman–Crippen LogP) is 0.474. The van der Waals surface area contributed by atoms with Crippen molar-refractivity contribution in [2.24, 2.45) is 0 Å².